The highest BCUT2D eigenvalue weighted by Crippen LogP contribution is 2.33. The molecule has 3 rings (SSSR count). The van der Waals surface area contributed by atoms with E-state index in [4.69, 9.17) is 4.74 Å². The molecule has 2 atom stereocenters. The van der Waals surface area contributed by atoms with E-state index in [0.29, 0.717) is 12.5 Å². The molecule has 0 unspecified atom stereocenters. The van der Waals surface area contributed by atoms with Crippen LogP contribution >= 0.6 is 0 Å². The van der Waals surface area contributed by atoms with Gasteiger partial charge in [0.15, 0.2) is 6.10 Å². The number of nitrogens with zero attached hydrogens (tertiary/aromatic N) is 1. The molecule has 0 aromatic heterocycles. The maximum Gasteiger partial charge on any atom is 0.410 e. The summed E-state index contributed by atoms with van der Waals surface area (Å²) >= 11 is 0. The summed E-state index contributed by atoms with van der Waals surface area (Å²) in [6, 6.07) is 9.39. The minimum absolute atomic E-state index is 0.0719. The molecule has 2 N–H and O–H groups in total. The Bertz CT molecular complexity index is 488. The van der Waals surface area contributed by atoms with Crippen LogP contribution in [0.2, 0.25) is 0 Å². The first kappa shape index (κ1) is 15.3. The smallest absolute Gasteiger partial charge is 0.410 e. The molecule has 1 aromatic rings. The van der Waals surface area contributed by atoms with Crippen molar-refractivity contribution in [1.82, 2.24) is 10.2 Å². The summed E-state index contributed by atoms with van der Waals surface area (Å²) in [7, 11) is 0. The Labute approximate surface area is 131 Å². The quantitative estimate of drug-likeness (QED) is 0.872. The number of rotatable bonds is 5. The lowest BCUT2D eigenvalue weighted by atomic mass is 9.94. The summed E-state index contributed by atoms with van der Waals surface area (Å²) in [5.74, 6) is 0.657. The van der Waals surface area contributed by atoms with Crippen molar-refractivity contribution >= 4 is 6.09 Å². The van der Waals surface area contributed by atoms with E-state index < -0.39 is 0 Å². The van der Waals surface area contributed by atoms with Crippen molar-refractivity contribution in [3.63, 3.8) is 0 Å². The maximum absolute atomic E-state index is 12.2. The molecular weight excluding hydrogens is 280 g/mol. The second-order valence-electron chi connectivity index (χ2n) is 6.14. The molecule has 0 bridgehead atoms. The molecule has 2 aliphatic rings. The largest absolute Gasteiger partial charge is 0.439 e. The van der Waals surface area contributed by atoms with Crippen LogP contribution in [0.15, 0.2) is 30.3 Å². The number of benzene rings is 1. The van der Waals surface area contributed by atoms with Crippen LogP contribution in [0.25, 0.3) is 0 Å². The summed E-state index contributed by atoms with van der Waals surface area (Å²) < 4.78 is 5.52. The number of piperidine rings is 1. The van der Waals surface area contributed by atoms with Gasteiger partial charge in [0.25, 0.3) is 0 Å². The van der Waals surface area contributed by atoms with Crippen LogP contribution in [0.1, 0.15) is 30.9 Å². The van der Waals surface area contributed by atoms with Gasteiger partial charge in [0.2, 0.25) is 0 Å². The summed E-state index contributed by atoms with van der Waals surface area (Å²) in [5, 5.41) is 13.1. The zero-order valence-electron chi connectivity index (χ0n) is 12.8. The van der Waals surface area contributed by atoms with Crippen LogP contribution in [0, 0.1) is 5.92 Å². The number of aliphatic hydroxyl groups is 1. The zero-order chi connectivity index (χ0) is 15.4. The third kappa shape index (κ3) is 3.25. The number of aliphatic hydroxyl groups excluding tert-OH is 1. The van der Waals surface area contributed by atoms with Gasteiger partial charge in [-0.2, -0.15) is 0 Å². The number of amides is 1. The predicted molar refractivity (Wildman–Crippen MR) is 83.5 cm³/mol. The lowest BCUT2D eigenvalue weighted by Gasteiger charge is -2.27. The highest BCUT2D eigenvalue weighted by Gasteiger charge is 2.42. The van der Waals surface area contributed by atoms with Crippen molar-refractivity contribution in [2.75, 3.05) is 26.2 Å². The van der Waals surface area contributed by atoms with Crippen molar-refractivity contribution in [1.29, 1.82) is 0 Å². The number of carbonyl (C=O) groups excluding carboxylic acids is 1. The highest BCUT2D eigenvalue weighted by atomic mass is 16.6. The number of hydrogen-bond acceptors (Lipinski definition) is 4. The predicted octanol–water partition coefficient (Wildman–Crippen LogP) is 1.93. The average Bonchev–Trinajstić information content (AvgIpc) is 2.90. The molecule has 5 heteroatoms. The van der Waals surface area contributed by atoms with Crippen LogP contribution in [0.5, 0.6) is 0 Å². The van der Waals surface area contributed by atoms with Gasteiger partial charge in [0.05, 0.1) is 12.6 Å². The van der Waals surface area contributed by atoms with Gasteiger partial charge in [-0.15, -0.1) is 0 Å². The average molecular weight is 304 g/mol. The highest BCUT2D eigenvalue weighted by molar-refractivity contribution is 5.71. The monoisotopic (exact) mass is 304 g/mol. The van der Waals surface area contributed by atoms with Crippen molar-refractivity contribution in [2.24, 2.45) is 5.92 Å². The Morgan fingerprint density at radius 1 is 1.23 bits per heavy atom. The van der Waals surface area contributed by atoms with Crippen LogP contribution < -0.4 is 5.32 Å². The van der Waals surface area contributed by atoms with Crippen LogP contribution in [0.3, 0.4) is 0 Å². The number of ether oxygens (including phenoxy) is 1. The zero-order valence-corrected chi connectivity index (χ0v) is 12.8. The molecule has 2 saturated heterocycles. The molecule has 1 amide bonds. The molecular formula is C17H24N2O3. The molecule has 2 heterocycles. The first-order valence-corrected chi connectivity index (χ1v) is 8.13. The molecule has 2 aliphatic heterocycles. The van der Waals surface area contributed by atoms with E-state index in [0.717, 1.165) is 37.9 Å². The van der Waals surface area contributed by atoms with Gasteiger partial charge in [-0.05, 0) is 43.8 Å². The molecule has 0 radical (unpaired) electrons. The standard InChI is InChI=1S/C17H24N2O3/c20-12-15-16(14-4-2-1-3-5-14)22-17(21)19(15)11-8-13-6-9-18-10-7-13/h1-5,13,15-16,18,20H,6-12H2/t15-,16-/m1/s1. The molecule has 0 saturated carbocycles. The Morgan fingerprint density at radius 2 is 1.95 bits per heavy atom. The number of nitrogens with one attached hydrogen (secondary N) is 1. The van der Waals surface area contributed by atoms with E-state index in [1.54, 1.807) is 4.90 Å². The Kier molecular flexibility index (Phi) is 4.95. The molecule has 0 aliphatic carbocycles. The van der Waals surface area contributed by atoms with Gasteiger partial charge in [0, 0.05) is 6.54 Å². The van der Waals surface area contributed by atoms with E-state index >= 15 is 0 Å². The Morgan fingerprint density at radius 3 is 2.64 bits per heavy atom. The van der Waals surface area contributed by atoms with E-state index in [9.17, 15) is 9.90 Å². The summed E-state index contributed by atoms with van der Waals surface area (Å²) in [4.78, 5) is 13.9. The molecule has 1 aromatic carbocycles. The van der Waals surface area contributed by atoms with Gasteiger partial charge in [-0.25, -0.2) is 4.79 Å². The first-order valence-electron chi connectivity index (χ1n) is 8.13. The van der Waals surface area contributed by atoms with E-state index in [1.165, 1.54) is 0 Å². The lowest BCUT2D eigenvalue weighted by Crippen LogP contribution is -2.39. The van der Waals surface area contributed by atoms with Gasteiger partial charge in [-0.3, -0.25) is 4.90 Å². The van der Waals surface area contributed by atoms with Gasteiger partial charge >= 0.3 is 6.09 Å². The Balaban J connectivity index is 1.64. The third-order valence-corrected chi connectivity index (χ3v) is 4.76. The van der Waals surface area contributed by atoms with E-state index in [-0.39, 0.29) is 24.8 Å². The van der Waals surface area contributed by atoms with Crippen LogP contribution in [-0.4, -0.2) is 48.4 Å². The second-order valence-corrected chi connectivity index (χ2v) is 6.14. The minimum Gasteiger partial charge on any atom is -0.439 e. The second kappa shape index (κ2) is 7.11. The summed E-state index contributed by atoms with van der Waals surface area (Å²) in [5.41, 5.74) is 0.944. The number of carbonyl (C=O) groups is 1. The minimum atomic E-state index is -0.369. The molecule has 2 fully saturated rings. The topological polar surface area (TPSA) is 61.8 Å². The number of cyclic esters (lactones) is 1. The van der Waals surface area contributed by atoms with Gasteiger partial charge < -0.3 is 15.2 Å². The molecule has 0 spiro atoms. The maximum atomic E-state index is 12.2. The normalized spacial score (nSPS) is 26.2. The Hall–Kier alpha value is -1.59. The van der Waals surface area contributed by atoms with E-state index in [1.807, 2.05) is 30.3 Å². The van der Waals surface area contributed by atoms with Crippen molar-refractivity contribution < 1.29 is 14.6 Å². The lowest BCUT2D eigenvalue weighted by molar-refractivity contribution is 0.117. The fraction of sp³-hybridized carbons (Fsp3) is 0.588. The number of hydrogen-bond donors (Lipinski definition) is 2. The SMILES string of the molecule is O=C1O[C@H](c2ccccc2)[C@@H](CO)N1CCC1CCNCC1. The first-order chi connectivity index (χ1) is 10.8. The molecule has 22 heavy (non-hydrogen) atoms. The fourth-order valence-electron chi connectivity index (χ4n) is 3.43. The fourth-order valence-corrected chi connectivity index (χ4v) is 3.43. The van der Waals surface area contributed by atoms with Crippen molar-refractivity contribution in [3.05, 3.63) is 35.9 Å². The van der Waals surface area contributed by atoms with Crippen LogP contribution in [0.4, 0.5) is 4.79 Å². The van der Waals surface area contributed by atoms with Crippen LogP contribution in [-0.2, 0) is 4.74 Å². The van der Waals surface area contributed by atoms with Crippen molar-refractivity contribution in [2.45, 2.75) is 31.4 Å². The van der Waals surface area contributed by atoms with Gasteiger partial charge in [-0.1, -0.05) is 30.3 Å². The third-order valence-electron chi connectivity index (χ3n) is 4.76. The van der Waals surface area contributed by atoms with Crippen molar-refractivity contribution in [3.8, 4) is 0 Å². The molecule has 120 valence electrons. The summed E-state index contributed by atoms with van der Waals surface area (Å²) in [6.07, 6.45) is 2.63. The van der Waals surface area contributed by atoms with Gasteiger partial charge in [0.1, 0.15) is 0 Å². The summed E-state index contributed by atoms with van der Waals surface area (Å²) in [6.45, 7) is 2.71. The molecule has 5 nitrogen and oxygen atoms in total. The van der Waals surface area contributed by atoms with E-state index in [2.05, 4.69) is 5.32 Å².